The summed E-state index contributed by atoms with van der Waals surface area (Å²) in [5.41, 5.74) is 1.51. The zero-order valence-corrected chi connectivity index (χ0v) is 14.2. The van der Waals surface area contributed by atoms with E-state index < -0.39 is 0 Å². The average Bonchev–Trinajstić information content (AvgIpc) is 3.13. The molecule has 2 aromatic rings. The van der Waals surface area contributed by atoms with Gasteiger partial charge in [-0.25, -0.2) is 4.79 Å². The van der Waals surface area contributed by atoms with Gasteiger partial charge in [0.15, 0.2) is 0 Å². The molecule has 0 bridgehead atoms. The lowest BCUT2D eigenvalue weighted by Gasteiger charge is -2.18. The number of likely N-dealkylation sites (tertiary alicyclic amines) is 1. The summed E-state index contributed by atoms with van der Waals surface area (Å²) in [7, 11) is 0. The number of aliphatic hydroxyl groups is 1. The van der Waals surface area contributed by atoms with Crippen molar-refractivity contribution in [3.63, 3.8) is 0 Å². The van der Waals surface area contributed by atoms with Gasteiger partial charge in [0.2, 0.25) is 11.7 Å². The number of urea groups is 1. The summed E-state index contributed by atoms with van der Waals surface area (Å²) in [5, 5.41) is 16.6. The number of amides is 2. The maximum Gasteiger partial charge on any atom is 0.321 e. The van der Waals surface area contributed by atoms with Crippen molar-refractivity contribution >= 4 is 11.7 Å². The molecule has 2 atom stereocenters. The number of carbonyl (C=O) groups is 1. The summed E-state index contributed by atoms with van der Waals surface area (Å²) in [6, 6.07) is 7.30. The first kappa shape index (κ1) is 16.1. The van der Waals surface area contributed by atoms with Crippen LogP contribution in [0.2, 0.25) is 0 Å². The van der Waals surface area contributed by atoms with Crippen molar-refractivity contribution in [2.24, 2.45) is 5.92 Å². The Labute approximate surface area is 146 Å². The lowest BCUT2D eigenvalue weighted by atomic mass is 10.0. The number of rotatable bonds is 4. The molecule has 4 rings (SSSR count). The van der Waals surface area contributed by atoms with Crippen LogP contribution in [-0.2, 0) is 0 Å². The molecule has 2 amide bonds. The quantitative estimate of drug-likeness (QED) is 0.891. The van der Waals surface area contributed by atoms with Crippen LogP contribution in [0, 0.1) is 5.92 Å². The zero-order chi connectivity index (χ0) is 17.4. The topological polar surface area (TPSA) is 91.5 Å². The van der Waals surface area contributed by atoms with Gasteiger partial charge in [-0.2, -0.15) is 4.98 Å². The lowest BCUT2D eigenvalue weighted by Crippen LogP contribution is -2.34. The molecule has 1 saturated carbocycles. The monoisotopic (exact) mass is 342 g/mol. The molecule has 1 saturated heterocycles. The van der Waals surface area contributed by atoms with Gasteiger partial charge >= 0.3 is 6.03 Å². The normalized spacial score (nSPS) is 21.4. The van der Waals surface area contributed by atoms with Gasteiger partial charge in [-0.05, 0) is 38.3 Å². The average molecular weight is 342 g/mol. The number of aromatic nitrogens is 2. The van der Waals surface area contributed by atoms with Crippen molar-refractivity contribution in [1.82, 2.24) is 15.0 Å². The van der Waals surface area contributed by atoms with Crippen molar-refractivity contribution in [3.05, 3.63) is 30.2 Å². The van der Waals surface area contributed by atoms with Crippen LogP contribution >= 0.6 is 0 Å². The molecule has 7 nitrogen and oxygen atoms in total. The molecular formula is C18H22N4O3. The summed E-state index contributed by atoms with van der Waals surface area (Å²) in [4.78, 5) is 18.6. The third-order valence-electron chi connectivity index (χ3n) is 4.93. The number of benzene rings is 1. The van der Waals surface area contributed by atoms with E-state index in [1.54, 1.807) is 11.8 Å². The van der Waals surface area contributed by atoms with Crippen molar-refractivity contribution < 1.29 is 14.4 Å². The molecule has 1 aliphatic heterocycles. The number of anilines is 1. The maximum atomic E-state index is 12.4. The van der Waals surface area contributed by atoms with Gasteiger partial charge < -0.3 is 19.8 Å². The fourth-order valence-corrected chi connectivity index (χ4v) is 3.15. The van der Waals surface area contributed by atoms with E-state index >= 15 is 0 Å². The van der Waals surface area contributed by atoms with Crippen molar-refractivity contribution in [2.75, 3.05) is 18.4 Å². The van der Waals surface area contributed by atoms with Crippen LogP contribution in [0.25, 0.3) is 11.4 Å². The van der Waals surface area contributed by atoms with Gasteiger partial charge in [0, 0.05) is 36.2 Å². The van der Waals surface area contributed by atoms with Crippen LogP contribution in [0.3, 0.4) is 0 Å². The fraction of sp³-hybridized carbons (Fsp3) is 0.500. The standard InChI is InChI=1S/C18H22N4O3/c1-11(23)14-7-8-22(10-14)18(24)19-15-4-2-3-13(9-15)16-20-17(25-21-16)12-5-6-12/h2-4,9,11-12,14,23H,5-8,10H2,1H3,(H,19,24)/t11-,14-/m1/s1. The molecule has 25 heavy (non-hydrogen) atoms. The van der Waals surface area contributed by atoms with E-state index in [4.69, 9.17) is 4.52 Å². The Bertz CT molecular complexity index is 769. The summed E-state index contributed by atoms with van der Waals surface area (Å²) < 4.78 is 5.30. The molecule has 1 aromatic heterocycles. The molecule has 0 radical (unpaired) electrons. The third-order valence-corrected chi connectivity index (χ3v) is 4.93. The zero-order valence-electron chi connectivity index (χ0n) is 14.2. The first-order valence-corrected chi connectivity index (χ1v) is 8.78. The Hall–Kier alpha value is -2.41. The molecule has 1 aromatic carbocycles. The molecule has 132 valence electrons. The number of hydrogen-bond donors (Lipinski definition) is 2. The first-order chi connectivity index (χ1) is 12.1. The van der Waals surface area contributed by atoms with Crippen molar-refractivity contribution in [2.45, 2.75) is 38.2 Å². The van der Waals surface area contributed by atoms with Gasteiger partial charge in [-0.15, -0.1) is 0 Å². The highest BCUT2D eigenvalue weighted by Gasteiger charge is 2.30. The second-order valence-corrected chi connectivity index (χ2v) is 6.98. The highest BCUT2D eigenvalue weighted by Crippen LogP contribution is 2.39. The van der Waals surface area contributed by atoms with E-state index in [1.807, 2.05) is 24.3 Å². The molecular weight excluding hydrogens is 320 g/mol. The minimum absolute atomic E-state index is 0.146. The highest BCUT2D eigenvalue weighted by atomic mass is 16.5. The molecule has 2 fully saturated rings. The van der Waals surface area contributed by atoms with Crippen molar-refractivity contribution in [1.29, 1.82) is 0 Å². The lowest BCUT2D eigenvalue weighted by molar-refractivity contribution is 0.130. The van der Waals surface area contributed by atoms with Gasteiger partial charge in [-0.3, -0.25) is 0 Å². The molecule has 0 spiro atoms. The van der Waals surface area contributed by atoms with Crippen LogP contribution < -0.4 is 5.32 Å². The van der Waals surface area contributed by atoms with Crippen LogP contribution in [0.4, 0.5) is 10.5 Å². The molecule has 1 aliphatic carbocycles. The second kappa shape index (κ2) is 6.48. The maximum absolute atomic E-state index is 12.4. The SMILES string of the molecule is C[C@@H](O)[C@@H]1CCN(C(=O)Nc2cccc(-c3noc(C4CC4)n3)c2)C1. The minimum Gasteiger partial charge on any atom is -0.393 e. The summed E-state index contributed by atoms with van der Waals surface area (Å²) in [5.74, 6) is 1.82. The summed E-state index contributed by atoms with van der Waals surface area (Å²) >= 11 is 0. The molecule has 2 N–H and O–H groups in total. The van der Waals surface area contributed by atoms with E-state index in [0.29, 0.717) is 36.4 Å². The number of carbonyl (C=O) groups excluding carboxylic acids is 1. The highest BCUT2D eigenvalue weighted by molar-refractivity contribution is 5.90. The van der Waals surface area contributed by atoms with Crippen LogP contribution in [0.15, 0.2) is 28.8 Å². The molecule has 0 unspecified atom stereocenters. The molecule has 7 heteroatoms. The number of nitrogens with zero attached hydrogens (tertiary/aromatic N) is 3. The summed E-state index contributed by atoms with van der Waals surface area (Å²) in [6.45, 7) is 3.02. The predicted molar refractivity (Wildman–Crippen MR) is 92.1 cm³/mol. The van der Waals surface area contributed by atoms with Crippen LogP contribution in [0.1, 0.15) is 38.0 Å². The predicted octanol–water partition coefficient (Wildman–Crippen LogP) is 2.85. The van der Waals surface area contributed by atoms with E-state index in [-0.39, 0.29) is 18.1 Å². The van der Waals surface area contributed by atoms with Crippen LogP contribution in [-0.4, -0.2) is 45.4 Å². The van der Waals surface area contributed by atoms with E-state index in [1.165, 1.54) is 0 Å². The Morgan fingerprint density at radius 1 is 1.40 bits per heavy atom. The number of hydrogen-bond acceptors (Lipinski definition) is 5. The Balaban J connectivity index is 1.43. The van der Waals surface area contributed by atoms with E-state index in [9.17, 15) is 9.90 Å². The number of nitrogens with one attached hydrogen (secondary N) is 1. The third kappa shape index (κ3) is 3.51. The second-order valence-electron chi connectivity index (χ2n) is 6.98. The van der Waals surface area contributed by atoms with Crippen molar-refractivity contribution in [3.8, 4) is 11.4 Å². The largest absolute Gasteiger partial charge is 0.393 e. The Kier molecular flexibility index (Phi) is 4.17. The fourth-order valence-electron chi connectivity index (χ4n) is 3.15. The van der Waals surface area contributed by atoms with E-state index in [0.717, 1.165) is 24.8 Å². The Morgan fingerprint density at radius 2 is 2.24 bits per heavy atom. The molecule has 2 aliphatic rings. The minimum atomic E-state index is -0.389. The van der Waals surface area contributed by atoms with Gasteiger partial charge in [0.1, 0.15) is 0 Å². The molecule has 2 heterocycles. The first-order valence-electron chi connectivity index (χ1n) is 8.78. The number of aliphatic hydroxyl groups excluding tert-OH is 1. The smallest absolute Gasteiger partial charge is 0.321 e. The van der Waals surface area contributed by atoms with E-state index in [2.05, 4.69) is 15.5 Å². The van der Waals surface area contributed by atoms with Crippen LogP contribution in [0.5, 0.6) is 0 Å². The Morgan fingerprint density at radius 3 is 2.96 bits per heavy atom. The van der Waals surface area contributed by atoms with Gasteiger partial charge in [-0.1, -0.05) is 17.3 Å². The van der Waals surface area contributed by atoms with Gasteiger partial charge in [0.25, 0.3) is 0 Å². The van der Waals surface area contributed by atoms with Gasteiger partial charge in [0.05, 0.1) is 6.10 Å². The summed E-state index contributed by atoms with van der Waals surface area (Å²) in [6.07, 6.45) is 2.67.